The van der Waals surface area contributed by atoms with Crippen LogP contribution >= 0.6 is 0 Å². The molecule has 0 saturated heterocycles. The summed E-state index contributed by atoms with van der Waals surface area (Å²) in [7, 11) is 0. The third-order valence-electron chi connectivity index (χ3n) is 3.28. The summed E-state index contributed by atoms with van der Waals surface area (Å²) in [5.74, 6) is -1.28. The molecule has 0 spiro atoms. The second kappa shape index (κ2) is 19.9. The molecule has 0 atom stereocenters. The summed E-state index contributed by atoms with van der Waals surface area (Å²) in [5.41, 5.74) is 5.05. The molecule has 0 aromatic rings. The Morgan fingerprint density at radius 1 is 0.630 bits per heavy atom. The van der Waals surface area contributed by atoms with Crippen LogP contribution in [0, 0.1) is 0 Å². The largest absolute Gasteiger partial charge is 0.392 e. The van der Waals surface area contributed by atoms with Gasteiger partial charge in [0.25, 0.3) is 0 Å². The number of carbonyl (C=O) groups excluding carboxylic acids is 2. The van der Waals surface area contributed by atoms with Crippen LogP contribution < -0.4 is 5.73 Å². The van der Waals surface area contributed by atoms with Crippen molar-refractivity contribution in [3.63, 3.8) is 0 Å². The second-order valence-electron chi connectivity index (χ2n) is 5.67. The molecule has 4 nitrogen and oxygen atoms in total. The molecule has 0 aliphatic carbocycles. The van der Waals surface area contributed by atoms with E-state index in [-0.39, 0.29) is 13.0 Å². The Bertz CT molecular complexity index is 566. The van der Waals surface area contributed by atoms with Crippen LogP contribution in [-0.2, 0) is 14.3 Å². The van der Waals surface area contributed by atoms with Gasteiger partial charge in [-0.05, 0) is 38.5 Å². The van der Waals surface area contributed by atoms with Crippen LogP contribution in [0.25, 0.3) is 0 Å². The summed E-state index contributed by atoms with van der Waals surface area (Å²) in [5, 5.41) is 0. The molecule has 0 aromatic carbocycles. The van der Waals surface area contributed by atoms with Gasteiger partial charge in [0.1, 0.15) is 0 Å². The van der Waals surface area contributed by atoms with Crippen LogP contribution in [-0.4, -0.2) is 18.5 Å². The van der Waals surface area contributed by atoms with E-state index in [1.165, 1.54) is 0 Å². The predicted octanol–water partition coefficient (Wildman–Crippen LogP) is 5.10. The maximum absolute atomic E-state index is 11.2. The summed E-state index contributed by atoms with van der Waals surface area (Å²) < 4.78 is 4.44. The molecule has 0 saturated carbocycles. The molecule has 27 heavy (non-hydrogen) atoms. The molecule has 0 unspecified atom stereocenters. The summed E-state index contributed by atoms with van der Waals surface area (Å²) in [6, 6.07) is 0. The summed E-state index contributed by atoms with van der Waals surface area (Å²) in [4.78, 5) is 22.0. The van der Waals surface area contributed by atoms with Crippen LogP contribution in [0.1, 0.15) is 51.9 Å². The van der Waals surface area contributed by atoms with Gasteiger partial charge in [-0.25, -0.2) is 0 Å². The zero-order valence-corrected chi connectivity index (χ0v) is 16.4. The van der Waals surface area contributed by atoms with Crippen LogP contribution in [0.2, 0.25) is 0 Å². The first-order valence-corrected chi connectivity index (χ1v) is 9.54. The van der Waals surface area contributed by atoms with Crippen molar-refractivity contribution < 1.29 is 14.3 Å². The molecule has 2 N–H and O–H groups in total. The fourth-order valence-electron chi connectivity index (χ4n) is 1.91. The van der Waals surface area contributed by atoms with E-state index in [1.807, 2.05) is 12.2 Å². The third-order valence-corrected chi connectivity index (χ3v) is 3.28. The molecule has 0 aliphatic rings. The van der Waals surface area contributed by atoms with Crippen molar-refractivity contribution in [2.45, 2.75) is 51.9 Å². The Morgan fingerprint density at radius 3 is 1.37 bits per heavy atom. The molecule has 0 bridgehead atoms. The highest BCUT2D eigenvalue weighted by Crippen LogP contribution is 1.97. The number of nitrogens with two attached hydrogens (primary N) is 1. The minimum atomic E-state index is -0.703. The van der Waals surface area contributed by atoms with Gasteiger partial charge < -0.3 is 10.5 Å². The SMILES string of the molecule is CC/C=C\C/C=C\C/C=C\C/C=C\C/C=C\C/C=C\CC(=O)OC(=O)CN. The van der Waals surface area contributed by atoms with Crippen molar-refractivity contribution in [1.29, 1.82) is 0 Å². The Balaban J connectivity index is 3.63. The summed E-state index contributed by atoms with van der Waals surface area (Å²) >= 11 is 0. The van der Waals surface area contributed by atoms with Crippen LogP contribution in [0.15, 0.2) is 72.9 Å². The minimum Gasteiger partial charge on any atom is -0.392 e. The Labute approximate surface area is 163 Å². The van der Waals surface area contributed by atoms with Gasteiger partial charge in [0.05, 0.1) is 13.0 Å². The Kier molecular flexibility index (Phi) is 18.0. The lowest BCUT2D eigenvalue weighted by Gasteiger charge is -1.96. The lowest BCUT2D eigenvalue weighted by molar-refractivity contribution is -0.157. The topological polar surface area (TPSA) is 69.4 Å². The van der Waals surface area contributed by atoms with E-state index in [0.717, 1.165) is 38.5 Å². The number of hydrogen-bond acceptors (Lipinski definition) is 4. The number of rotatable bonds is 14. The number of hydrogen-bond donors (Lipinski definition) is 1. The van der Waals surface area contributed by atoms with E-state index < -0.39 is 11.9 Å². The van der Waals surface area contributed by atoms with E-state index >= 15 is 0 Å². The molecular weight excluding hydrogens is 338 g/mol. The maximum atomic E-state index is 11.2. The first-order valence-electron chi connectivity index (χ1n) is 9.54. The third kappa shape index (κ3) is 19.7. The van der Waals surface area contributed by atoms with E-state index in [4.69, 9.17) is 5.73 Å². The number of allylic oxidation sites excluding steroid dienone is 11. The van der Waals surface area contributed by atoms with Crippen molar-refractivity contribution in [2.75, 3.05) is 6.54 Å². The maximum Gasteiger partial charge on any atom is 0.327 e. The first kappa shape index (κ1) is 24.5. The van der Waals surface area contributed by atoms with Gasteiger partial charge in [-0.15, -0.1) is 0 Å². The van der Waals surface area contributed by atoms with Crippen LogP contribution in [0.3, 0.4) is 0 Å². The Hall–Kier alpha value is -2.46. The first-order chi connectivity index (χ1) is 13.2. The van der Waals surface area contributed by atoms with Gasteiger partial charge in [0, 0.05) is 0 Å². The Morgan fingerprint density at radius 2 is 1.00 bits per heavy atom. The molecule has 0 fully saturated rings. The number of ether oxygens (including phenoxy) is 1. The number of esters is 2. The molecule has 0 radical (unpaired) electrons. The fraction of sp³-hybridized carbons (Fsp3) is 0.391. The second-order valence-corrected chi connectivity index (χ2v) is 5.67. The lowest BCUT2D eigenvalue weighted by Crippen LogP contribution is -2.20. The van der Waals surface area contributed by atoms with Gasteiger partial charge in [-0.2, -0.15) is 0 Å². The highest BCUT2D eigenvalue weighted by molar-refractivity contribution is 5.86. The minimum absolute atomic E-state index is 0.0798. The predicted molar refractivity (Wildman–Crippen MR) is 113 cm³/mol. The van der Waals surface area contributed by atoms with E-state index in [1.54, 1.807) is 6.08 Å². The molecule has 4 heteroatoms. The molecular formula is C23H33NO3. The summed E-state index contributed by atoms with van der Waals surface area (Å²) in [6.45, 7) is 1.86. The fourth-order valence-corrected chi connectivity index (χ4v) is 1.91. The summed E-state index contributed by atoms with van der Waals surface area (Å²) in [6.07, 6.45) is 30.8. The van der Waals surface area contributed by atoms with Gasteiger partial charge >= 0.3 is 11.9 Å². The molecule has 0 aliphatic heterocycles. The average Bonchev–Trinajstić information content (AvgIpc) is 2.66. The van der Waals surface area contributed by atoms with Crippen molar-refractivity contribution >= 4 is 11.9 Å². The van der Waals surface area contributed by atoms with Crippen LogP contribution in [0.4, 0.5) is 0 Å². The molecule has 148 valence electrons. The van der Waals surface area contributed by atoms with Crippen molar-refractivity contribution in [2.24, 2.45) is 5.73 Å². The average molecular weight is 372 g/mol. The highest BCUT2D eigenvalue weighted by Gasteiger charge is 2.05. The molecule has 0 amide bonds. The normalized spacial score (nSPS) is 12.7. The van der Waals surface area contributed by atoms with Crippen molar-refractivity contribution in [1.82, 2.24) is 0 Å². The van der Waals surface area contributed by atoms with Gasteiger partial charge in [-0.1, -0.05) is 79.8 Å². The van der Waals surface area contributed by atoms with Crippen LogP contribution in [0.5, 0.6) is 0 Å². The number of carbonyl (C=O) groups is 2. The zero-order chi connectivity index (χ0) is 20.0. The standard InChI is InChI=1S/C23H33NO3/c1-2-3-4-5-6-7-8-9-10-11-12-13-14-15-16-17-18-19-20-22(25)27-23(26)21-24/h3-4,6-7,9-10,12-13,15-16,18-19H,2,5,8,11,14,17,20-21,24H2,1H3/b4-3-,7-6-,10-9-,13-12-,16-15-,19-18-. The van der Waals surface area contributed by atoms with E-state index in [9.17, 15) is 9.59 Å². The molecule has 0 aromatic heterocycles. The quantitative estimate of drug-likeness (QED) is 0.262. The van der Waals surface area contributed by atoms with Gasteiger partial charge in [0.2, 0.25) is 0 Å². The monoisotopic (exact) mass is 371 g/mol. The smallest absolute Gasteiger partial charge is 0.327 e. The van der Waals surface area contributed by atoms with E-state index in [2.05, 4.69) is 66.3 Å². The molecule has 0 rings (SSSR count). The zero-order valence-electron chi connectivity index (χ0n) is 16.4. The van der Waals surface area contributed by atoms with Crippen molar-refractivity contribution in [3.8, 4) is 0 Å². The lowest BCUT2D eigenvalue weighted by atomic mass is 10.2. The van der Waals surface area contributed by atoms with Gasteiger partial charge in [-0.3, -0.25) is 9.59 Å². The van der Waals surface area contributed by atoms with Gasteiger partial charge in [0.15, 0.2) is 0 Å². The van der Waals surface area contributed by atoms with Crippen molar-refractivity contribution in [3.05, 3.63) is 72.9 Å². The molecule has 0 heterocycles. The van der Waals surface area contributed by atoms with E-state index in [0.29, 0.717) is 0 Å². The highest BCUT2D eigenvalue weighted by atomic mass is 16.6.